The number of thioether (sulfide) groups is 1. The van der Waals surface area contributed by atoms with Gasteiger partial charge in [-0.25, -0.2) is 0 Å². The molecule has 1 N–H and O–H groups in total. The maximum absolute atomic E-state index is 13.6. The predicted octanol–water partition coefficient (Wildman–Crippen LogP) is 7.11. The van der Waals surface area contributed by atoms with Gasteiger partial charge in [0.15, 0.2) is 0 Å². The smallest absolute Gasteiger partial charge is 0.265 e. The van der Waals surface area contributed by atoms with E-state index < -0.39 is 0 Å². The fraction of sp³-hybridized carbons (Fsp3) is 0.484. The zero-order valence-electron chi connectivity index (χ0n) is 22.7. The molecule has 7 heteroatoms. The van der Waals surface area contributed by atoms with Gasteiger partial charge in [0, 0.05) is 23.0 Å². The highest BCUT2D eigenvalue weighted by molar-refractivity contribution is 8.04. The summed E-state index contributed by atoms with van der Waals surface area (Å²) < 4.78 is 0. The molecule has 2 heterocycles. The van der Waals surface area contributed by atoms with Gasteiger partial charge >= 0.3 is 0 Å². The molecule has 5 nitrogen and oxygen atoms in total. The Morgan fingerprint density at radius 3 is 2.66 bits per heavy atom. The van der Waals surface area contributed by atoms with E-state index in [2.05, 4.69) is 36.2 Å². The second-order valence-electron chi connectivity index (χ2n) is 10.4. The molecule has 0 saturated carbocycles. The summed E-state index contributed by atoms with van der Waals surface area (Å²) >= 11 is 7.68. The average Bonchev–Trinajstić information content (AvgIpc) is 3.18. The van der Waals surface area contributed by atoms with Gasteiger partial charge < -0.3 is 10.2 Å². The SMILES string of the molecule is CCCCC(C)c1ccc2c(c1)SC(=Cc1cccc(Cl)c1)C(=O)N2CC(=O)NCCN1CCCCCC1. The first-order valence-electron chi connectivity index (χ1n) is 14.0. The lowest BCUT2D eigenvalue weighted by Gasteiger charge is -2.31. The highest BCUT2D eigenvalue weighted by Gasteiger charge is 2.31. The molecule has 1 unspecified atom stereocenters. The van der Waals surface area contributed by atoms with E-state index in [9.17, 15) is 9.59 Å². The molecule has 0 spiro atoms. The van der Waals surface area contributed by atoms with Crippen molar-refractivity contribution < 1.29 is 9.59 Å². The minimum absolute atomic E-state index is 0.00398. The third-order valence-electron chi connectivity index (χ3n) is 7.41. The predicted molar refractivity (Wildman–Crippen MR) is 160 cm³/mol. The van der Waals surface area contributed by atoms with Crippen molar-refractivity contribution in [3.8, 4) is 0 Å². The topological polar surface area (TPSA) is 52.7 Å². The Hall–Kier alpha value is -2.28. The van der Waals surface area contributed by atoms with Crippen molar-refractivity contribution in [2.45, 2.75) is 69.6 Å². The molecule has 2 amide bonds. The quantitative estimate of drug-likeness (QED) is 0.319. The van der Waals surface area contributed by atoms with E-state index in [-0.39, 0.29) is 18.4 Å². The summed E-state index contributed by atoms with van der Waals surface area (Å²) in [5.74, 6) is 0.153. The number of carbonyl (C=O) groups excluding carboxylic acids is 2. The van der Waals surface area contributed by atoms with E-state index in [4.69, 9.17) is 11.6 Å². The van der Waals surface area contributed by atoms with E-state index in [1.807, 2.05) is 36.4 Å². The molecule has 1 saturated heterocycles. The summed E-state index contributed by atoms with van der Waals surface area (Å²) in [5.41, 5.74) is 2.94. The number of halogens is 1. The zero-order valence-corrected chi connectivity index (χ0v) is 24.3. The Morgan fingerprint density at radius 2 is 1.92 bits per heavy atom. The van der Waals surface area contributed by atoms with Crippen molar-refractivity contribution in [1.29, 1.82) is 0 Å². The number of likely N-dealkylation sites (tertiary alicyclic amines) is 1. The lowest BCUT2D eigenvalue weighted by molar-refractivity contribution is -0.122. The summed E-state index contributed by atoms with van der Waals surface area (Å²) in [4.78, 5) is 32.3. The maximum atomic E-state index is 13.6. The number of fused-ring (bicyclic) bond motifs is 1. The molecule has 1 fully saturated rings. The highest BCUT2D eigenvalue weighted by Crippen LogP contribution is 2.43. The first-order valence-corrected chi connectivity index (χ1v) is 15.2. The van der Waals surface area contributed by atoms with E-state index in [0.717, 1.165) is 42.2 Å². The van der Waals surface area contributed by atoms with Gasteiger partial charge in [-0.1, -0.05) is 81.1 Å². The van der Waals surface area contributed by atoms with Gasteiger partial charge in [-0.2, -0.15) is 0 Å². The van der Waals surface area contributed by atoms with E-state index in [0.29, 0.717) is 22.4 Å². The molecule has 0 bridgehead atoms. The van der Waals surface area contributed by atoms with Gasteiger partial charge in [0.2, 0.25) is 5.91 Å². The average molecular weight is 554 g/mol. The summed E-state index contributed by atoms with van der Waals surface area (Å²) in [6.45, 7) is 8.12. The Morgan fingerprint density at radius 1 is 1.13 bits per heavy atom. The van der Waals surface area contributed by atoms with Crippen LogP contribution in [0.25, 0.3) is 6.08 Å². The number of hydrogen-bond donors (Lipinski definition) is 1. The van der Waals surface area contributed by atoms with Gasteiger partial charge in [0.25, 0.3) is 5.91 Å². The van der Waals surface area contributed by atoms with Crippen molar-refractivity contribution in [3.63, 3.8) is 0 Å². The number of anilines is 1. The molecule has 2 aliphatic rings. The van der Waals surface area contributed by atoms with Gasteiger partial charge in [0.05, 0.1) is 10.6 Å². The van der Waals surface area contributed by atoms with Crippen LogP contribution in [0, 0.1) is 0 Å². The summed E-state index contributed by atoms with van der Waals surface area (Å²) in [5, 5.41) is 3.68. The van der Waals surface area contributed by atoms with Crippen molar-refractivity contribution >= 4 is 46.9 Å². The normalized spacial score (nSPS) is 18.2. The third-order valence-corrected chi connectivity index (χ3v) is 8.70. The zero-order chi connectivity index (χ0) is 26.9. The number of rotatable bonds is 10. The second kappa shape index (κ2) is 14.2. The fourth-order valence-electron chi connectivity index (χ4n) is 5.13. The van der Waals surface area contributed by atoms with Crippen LogP contribution in [0.15, 0.2) is 52.3 Å². The lowest BCUT2D eigenvalue weighted by atomic mass is 9.95. The van der Waals surface area contributed by atoms with Crippen LogP contribution < -0.4 is 10.2 Å². The Bertz CT molecular complexity index is 1140. The van der Waals surface area contributed by atoms with Crippen LogP contribution in [-0.2, 0) is 9.59 Å². The highest BCUT2D eigenvalue weighted by atomic mass is 35.5. The minimum Gasteiger partial charge on any atom is -0.353 e. The molecule has 204 valence electrons. The Labute approximate surface area is 237 Å². The van der Waals surface area contributed by atoms with Crippen molar-refractivity contribution in [3.05, 3.63) is 63.5 Å². The number of amides is 2. The van der Waals surface area contributed by atoms with Crippen molar-refractivity contribution in [2.75, 3.05) is 37.6 Å². The van der Waals surface area contributed by atoms with Crippen molar-refractivity contribution in [2.24, 2.45) is 0 Å². The van der Waals surface area contributed by atoms with Crippen LogP contribution in [0.1, 0.15) is 75.8 Å². The lowest BCUT2D eigenvalue weighted by Crippen LogP contribution is -2.44. The Balaban J connectivity index is 1.52. The third kappa shape index (κ3) is 7.87. The standard InChI is InChI=1S/C31H40ClN3O2S/c1-3-4-10-23(2)25-13-14-27-28(21-25)38-29(20-24-11-9-12-26(32)19-24)31(37)35(27)22-30(36)33-15-18-34-16-7-5-6-8-17-34/h9,11-14,19-21,23H,3-8,10,15-18,22H2,1-2H3,(H,33,36). The fourth-order valence-corrected chi connectivity index (χ4v) is 6.44. The molecular weight excluding hydrogens is 514 g/mol. The summed E-state index contributed by atoms with van der Waals surface area (Å²) in [6.07, 6.45) is 10.4. The molecule has 2 aromatic rings. The van der Waals surface area contributed by atoms with Crippen LogP contribution >= 0.6 is 23.4 Å². The van der Waals surface area contributed by atoms with Crippen LogP contribution in [0.2, 0.25) is 5.02 Å². The number of carbonyl (C=O) groups is 2. The number of unbranched alkanes of at least 4 members (excludes halogenated alkanes) is 1. The molecule has 0 aromatic heterocycles. The molecular formula is C31H40ClN3O2S. The van der Waals surface area contributed by atoms with Crippen LogP contribution in [0.5, 0.6) is 0 Å². The van der Waals surface area contributed by atoms with Crippen LogP contribution in [0.4, 0.5) is 5.69 Å². The van der Waals surface area contributed by atoms with E-state index >= 15 is 0 Å². The molecule has 38 heavy (non-hydrogen) atoms. The first-order chi connectivity index (χ1) is 18.4. The molecule has 1 atom stereocenters. The van der Waals surface area contributed by atoms with Gasteiger partial charge in [-0.15, -0.1) is 0 Å². The number of nitrogens with zero attached hydrogens (tertiary/aromatic N) is 2. The van der Waals surface area contributed by atoms with E-state index in [1.165, 1.54) is 55.9 Å². The maximum Gasteiger partial charge on any atom is 0.265 e. The van der Waals surface area contributed by atoms with Crippen LogP contribution in [0.3, 0.4) is 0 Å². The molecule has 2 aromatic carbocycles. The first kappa shape index (κ1) is 28.7. The number of benzene rings is 2. The Kier molecular flexibility index (Phi) is 10.7. The number of hydrogen-bond acceptors (Lipinski definition) is 4. The molecule has 4 rings (SSSR count). The van der Waals surface area contributed by atoms with Gasteiger partial charge in [-0.05, 0) is 79.7 Å². The summed E-state index contributed by atoms with van der Waals surface area (Å²) in [7, 11) is 0. The monoisotopic (exact) mass is 553 g/mol. The van der Waals surface area contributed by atoms with E-state index in [1.54, 1.807) is 4.90 Å². The number of nitrogens with one attached hydrogen (secondary N) is 1. The van der Waals surface area contributed by atoms with Crippen LogP contribution in [-0.4, -0.2) is 49.4 Å². The summed E-state index contributed by atoms with van der Waals surface area (Å²) in [6, 6.07) is 13.8. The molecule has 0 aliphatic carbocycles. The van der Waals surface area contributed by atoms with Gasteiger partial charge in [0.1, 0.15) is 6.54 Å². The van der Waals surface area contributed by atoms with Crippen molar-refractivity contribution in [1.82, 2.24) is 10.2 Å². The second-order valence-corrected chi connectivity index (χ2v) is 12.0. The minimum atomic E-state index is -0.156. The molecule has 0 radical (unpaired) electrons. The largest absolute Gasteiger partial charge is 0.353 e. The van der Waals surface area contributed by atoms with Gasteiger partial charge in [-0.3, -0.25) is 14.5 Å². The molecule has 2 aliphatic heterocycles.